The summed E-state index contributed by atoms with van der Waals surface area (Å²) in [6, 6.07) is 0.467. The number of hydrogen-bond donors (Lipinski definition) is 0. The van der Waals surface area contributed by atoms with E-state index in [1.54, 1.807) is 0 Å². The lowest BCUT2D eigenvalue weighted by Gasteiger charge is -2.21. The summed E-state index contributed by atoms with van der Waals surface area (Å²) in [7, 11) is 0. The van der Waals surface area contributed by atoms with Crippen LogP contribution < -0.4 is 0 Å². The Kier molecular flexibility index (Phi) is 1.63. The fraction of sp³-hybridized carbons (Fsp3) is 0.583. The number of fused-ring (bicyclic) bond motifs is 6. The van der Waals surface area contributed by atoms with Crippen LogP contribution in [-0.4, -0.2) is 31.7 Å². The van der Waals surface area contributed by atoms with Gasteiger partial charge in [0.05, 0.1) is 18.5 Å². The Hall–Kier alpha value is -1.20. The van der Waals surface area contributed by atoms with Crippen LogP contribution in [0.1, 0.15) is 18.9 Å². The van der Waals surface area contributed by atoms with Crippen LogP contribution >= 0.6 is 11.6 Å². The van der Waals surface area contributed by atoms with Crippen LogP contribution in [0, 0.1) is 11.8 Å². The normalized spacial score (nSPS) is 40.4. The summed E-state index contributed by atoms with van der Waals surface area (Å²) in [5.74, 6) is 1.37. The molecule has 2 aromatic heterocycles. The Morgan fingerprint density at radius 1 is 1.22 bits per heavy atom. The third kappa shape index (κ3) is 1.05. The van der Waals surface area contributed by atoms with Crippen molar-refractivity contribution in [3.63, 3.8) is 0 Å². The van der Waals surface area contributed by atoms with Gasteiger partial charge >= 0.3 is 0 Å². The van der Waals surface area contributed by atoms with Gasteiger partial charge in [-0.25, -0.2) is 15.0 Å². The maximum absolute atomic E-state index is 6.04. The summed E-state index contributed by atoms with van der Waals surface area (Å²) in [6.07, 6.45) is 6.88. The van der Waals surface area contributed by atoms with E-state index in [-0.39, 0.29) is 0 Å². The van der Waals surface area contributed by atoms with Crippen LogP contribution in [0.2, 0.25) is 5.15 Å². The molecule has 2 bridgehead atoms. The molecule has 0 amide bonds. The maximum atomic E-state index is 6.04. The lowest BCUT2D eigenvalue weighted by molar-refractivity contribution is 0.251. The molecule has 3 heterocycles. The van der Waals surface area contributed by atoms with Gasteiger partial charge in [0.15, 0.2) is 10.8 Å². The number of epoxide rings is 1. The van der Waals surface area contributed by atoms with E-state index in [0.717, 1.165) is 11.6 Å². The van der Waals surface area contributed by atoms with Gasteiger partial charge < -0.3 is 9.30 Å². The van der Waals surface area contributed by atoms with Gasteiger partial charge in [-0.2, -0.15) is 0 Å². The van der Waals surface area contributed by atoms with Gasteiger partial charge in [0.1, 0.15) is 11.8 Å². The lowest BCUT2D eigenvalue weighted by atomic mass is 9.95. The van der Waals surface area contributed by atoms with E-state index in [0.29, 0.717) is 34.8 Å². The van der Waals surface area contributed by atoms with E-state index < -0.39 is 0 Å². The van der Waals surface area contributed by atoms with Gasteiger partial charge in [-0.3, -0.25) is 0 Å². The number of hydrogen-bond acceptors (Lipinski definition) is 4. The Morgan fingerprint density at radius 3 is 3.00 bits per heavy atom. The zero-order valence-corrected chi connectivity index (χ0v) is 10.3. The molecule has 18 heavy (non-hydrogen) atoms. The topological polar surface area (TPSA) is 56.1 Å². The van der Waals surface area contributed by atoms with Gasteiger partial charge in [-0.15, -0.1) is 0 Å². The molecule has 0 N–H and O–H groups in total. The SMILES string of the molecule is Clc1ncnc2c1ncn2C1CC2CC1C1OC21. The van der Waals surface area contributed by atoms with Crippen molar-refractivity contribution in [1.82, 2.24) is 19.5 Å². The van der Waals surface area contributed by atoms with E-state index in [9.17, 15) is 0 Å². The summed E-state index contributed by atoms with van der Waals surface area (Å²) < 4.78 is 7.88. The van der Waals surface area contributed by atoms with E-state index in [1.807, 2.05) is 6.33 Å². The first kappa shape index (κ1) is 9.69. The van der Waals surface area contributed by atoms with Crippen molar-refractivity contribution < 1.29 is 4.74 Å². The van der Waals surface area contributed by atoms with E-state index in [4.69, 9.17) is 16.3 Å². The number of halogens is 1. The number of imidazole rings is 1. The highest BCUT2D eigenvalue weighted by molar-refractivity contribution is 6.33. The Bertz CT molecular complexity index is 657. The van der Waals surface area contributed by atoms with Crippen molar-refractivity contribution in [3.05, 3.63) is 17.8 Å². The summed E-state index contributed by atoms with van der Waals surface area (Å²) >= 11 is 6.04. The minimum atomic E-state index is 0.433. The first-order chi connectivity index (χ1) is 8.83. The molecular weight excluding hydrogens is 252 g/mol. The highest BCUT2D eigenvalue weighted by Crippen LogP contribution is 2.60. The van der Waals surface area contributed by atoms with Crippen molar-refractivity contribution in [3.8, 4) is 0 Å². The number of rotatable bonds is 1. The molecule has 6 heteroatoms. The molecule has 1 aliphatic heterocycles. The van der Waals surface area contributed by atoms with Crippen molar-refractivity contribution >= 4 is 22.8 Å². The standard InChI is InChI=1S/C12H11ClN4O/c13-11-8-12(15-3-14-11)17(4-16-8)7-2-5-1-6(7)10-9(5)18-10/h3-7,9-10H,1-2H2. The fourth-order valence-corrected chi connectivity index (χ4v) is 4.13. The molecule has 5 atom stereocenters. The van der Waals surface area contributed by atoms with Crippen molar-refractivity contribution in [2.75, 3.05) is 0 Å². The predicted octanol–water partition coefficient (Wildman–Crippen LogP) is 1.83. The summed E-state index contributed by atoms with van der Waals surface area (Å²) in [6.45, 7) is 0. The molecule has 0 radical (unpaired) electrons. The molecule has 0 spiro atoms. The third-order valence-electron chi connectivity index (χ3n) is 4.73. The van der Waals surface area contributed by atoms with Crippen LogP contribution in [-0.2, 0) is 4.74 Å². The van der Waals surface area contributed by atoms with Crippen molar-refractivity contribution in [2.45, 2.75) is 31.1 Å². The van der Waals surface area contributed by atoms with Crippen LogP contribution in [0.15, 0.2) is 12.7 Å². The largest absolute Gasteiger partial charge is 0.369 e. The van der Waals surface area contributed by atoms with Crippen LogP contribution in [0.25, 0.3) is 11.2 Å². The smallest absolute Gasteiger partial charge is 0.165 e. The molecular formula is C12H11ClN4O. The van der Waals surface area contributed by atoms with Gasteiger partial charge in [-0.05, 0) is 18.8 Å². The summed E-state index contributed by atoms with van der Waals surface area (Å²) in [5.41, 5.74) is 1.56. The molecule has 2 saturated carbocycles. The zero-order chi connectivity index (χ0) is 11.9. The molecule has 1 saturated heterocycles. The molecule has 0 aromatic carbocycles. The molecule has 2 aliphatic carbocycles. The van der Waals surface area contributed by atoms with E-state index in [2.05, 4.69) is 19.5 Å². The van der Waals surface area contributed by atoms with Crippen LogP contribution in [0.4, 0.5) is 0 Å². The predicted molar refractivity (Wildman–Crippen MR) is 64.2 cm³/mol. The monoisotopic (exact) mass is 262 g/mol. The first-order valence-electron chi connectivity index (χ1n) is 6.31. The Balaban J connectivity index is 1.65. The summed E-state index contributed by atoms with van der Waals surface area (Å²) in [4.78, 5) is 12.7. The minimum absolute atomic E-state index is 0.433. The fourth-order valence-electron chi connectivity index (χ4n) is 3.96. The van der Waals surface area contributed by atoms with Gasteiger partial charge in [0, 0.05) is 12.0 Å². The molecule has 5 rings (SSSR count). The second kappa shape index (κ2) is 3.03. The Morgan fingerprint density at radius 2 is 2.17 bits per heavy atom. The maximum Gasteiger partial charge on any atom is 0.165 e. The zero-order valence-electron chi connectivity index (χ0n) is 9.53. The van der Waals surface area contributed by atoms with Gasteiger partial charge in [0.25, 0.3) is 0 Å². The van der Waals surface area contributed by atoms with E-state index >= 15 is 0 Å². The average Bonchev–Trinajstić information content (AvgIpc) is 2.78. The second-order valence-electron chi connectivity index (χ2n) is 5.52. The minimum Gasteiger partial charge on any atom is -0.369 e. The first-order valence-corrected chi connectivity index (χ1v) is 6.69. The number of aromatic nitrogens is 4. The van der Waals surface area contributed by atoms with E-state index in [1.165, 1.54) is 19.2 Å². The van der Waals surface area contributed by atoms with Gasteiger partial charge in [0.2, 0.25) is 0 Å². The quantitative estimate of drug-likeness (QED) is 0.581. The second-order valence-corrected chi connectivity index (χ2v) is 5.87. The molecule has 2 aromatic rings. The molecule has 3 aliphatic rings. The average molecular weight is 263 g/mol. The molecule has 92 valence electrons. The van der Waals surface area contributed by atoms with Crippen molar-refractivity contribution in [2.24, 2.45) is 11.8 Å². The van der Waals surface area contributed by atoms with Gasteiger partial charge in [-0.1, -0.05) is 11.6 Å². The highest BCUT2D eigenvalue weighted by atomic mass is 35.5. The lowest BCUT2D eigenvalue weighted by Crippen LogP contribution is -2.21. The molecule has 3 fully saturated rings. The highest BCUT2D eigenvalue weighted by Gasteiger charge is 2.63. The third-order valence-corrected chi connectivity index (χ3v) is 5.01. The van der Waals surface area contributed by atoms with Crippen molar-refractivity contribution in [1.29, 1.82) is 0 Å². The number of ether oxygens (including phenoxy) is 1. The van der Waals surface area contributed by atoms with Crippen LogP contribution in [0.3, 0.4) is 0 Å². The molecule has 5 nitrogen and oxygen atoms in total. The Labute approximate surface area is 108 Å². The van der Waals surface area contributed by atoms with Crippen LogP contribution in [0.5, 0.6) is 0 Å². The molecule has 5 unspecified atom stereocenters. The summed E-state index contributed by atoms with van der Waals surface area (Å²) in [5, 5.41) is 0.433. The number of nitrogens with zero attached hydrogens (tertiary/aromatic N) is 4.